The summed E-state index contributed by atoms with van der Waals surface area (Å²) in [5, 5.41) is 11.4. The van der Waals surface area contributed by atoms with Gasteiger partial charge in [0.15, 0.2) is 0 Å². The zero-order chi connectivity index (χ0) is 11.7. The third-order valence-corrected chi connectivity index (χ3v) is 3.77. The first kappa shape index (κ1) is 11.4. The molecule has 86 valence electrons. The minimum absolute atomic E-state index is 0.330. The summed E-state index contributed by atoms with van der Waals surface area (Å²) in [6.07, 6.45) is 2.15. The Kier molecular flexibility index (Phi) is 3.15. The van der Waals surface area contributed by atoms with E-state index in [1.165, 1.54) is 10.9 Å². The highest BCUT2D eigenvalue weighted by Gasteiger charge is 2.07. The van der Waals surface area contributed by atoms with Crippen LogP contribution in [0.5, 0.6) is 5.75 Å². The quantitative estimate of drug-likeness (QED) is 0.880. The minimum Gasteiger partial charge on any atom is -0.508 e. The number of fused-ring (bicyclic) bond motifs is 1. The van der Waals surface area contributed by atoms with E-state index in [4.69, 9.17) is 0 Å². The van der Waals surface area contributed by atoms with Gasteiger partial charge < -0.3 is 9.67 Å². The molecule has 0 aliphatic rings. The third kappa shape index (κ3) is 2.19. The lowest BCUT2D eigenvalue weighted by Gasteiger charge is -2.03. The highest BCUT2D eigenvalue weighted by Crippen LogP contribution is 2.28. The second-order valence-corrected chi connectivity index (χ2v) is 5.89. The van der Waals surface area contributed by atoms with Crippen LogP contribution in [0.4, 0.5) is 0 Å². The van der Waals surface area contributed by atoms with Crippen molar-refractivity contribution < 1.29 is 5.11 Å². The van der Waals surface area contributed by atoms with Gasteiger partial charge in [0, 0.05) is 30.4 Å². The largest absolute Gasteiger partial charge is 0.508 e. The van der Waals surface area contributed by atoms with Crippen LogP contribution < -0.4 is 0 Å². The number of aromatic hydroxyl groups is 1. The Hall–Kier alpha value is -1.09. The number of phenolic OH excluding ortho intramolecular Hbond substituents is 1. The molecule has 2 aromatic rings. The second kappa shape index (κ2) is 4.42. The van der Waals surface area contributed by atoms with E-state index in [2.05, 4.69) is 24.6 Å². The van der Waals surface area contributed by atoms with Crippen molar-refractivity contribution in [2.75, 3.05) is 0 Å². The van der Waals surface area contributed by atoms with Gasteiger partial charge in [0.2, 0.25) is 0 Å². The van der Waals surface area contributed by atoms with Gasteiger partial charge in [0.25, 0.3) is 0 Å². The molecule has 0 aliphatic carbocycles. The van der Waals surface area contributed by atoms with Gasteiger partial charge in [-0.3, -0.25) is 0 Å². The predicted octanol–water partition coefficient (Wildman–Crippen LogP) is 3.53. The Labute approximate surface area is 100 Å². The number of hydrogen-bond donors (Lipinski definition) is 1. The summed E-state index contributed by atoms with van der Waals surface area (Å²) in [6, 6.07) is 5.58. The van der Waals surface area contributed by atoms with Crippen molar-refractivity contribution in [2.24, 2.45) is 7.05 Å². The van der Waals surface area contributed by atoms with Crippen molar-refractivity contribution in [3.63, 3.8) is 0 Å². The number of nitrogens with zero attached hydrogens (tertiary/aromatic N) is 1. The van der Waals surface area contributed by atoms with Crippen molar-refractivity contribution >= 4 is 22.7 Å². The van der Waals surface area contributed by atoms with E-state index >= 15 is 0 Å². The zero-order valence-electron chi connectivity index (χ0n) is 9.90. The maximum absolute atomic E-state index is 9.46. The first-order valence-electron chi connectivity index (χ1n) is 5.46. The molecule has 0 atom stereocenters. The zero-order valence-corrected chi connectivity index (χ0v) is 10.7. The van der Waals surface area contributed by atoms with E-state index in [0.29, 0.717) is 11.0 Å². The lowest BCUT2D eigenvalue weighted by Crippen LogP contribution is -1.88. The van der Waals surface area contributed by atoms with Gasteiger partial charge in [-0.15, -0.1) is 0 Å². The molecular formula is C13H17NOS. The lowest BCUT2D eigenvalue weighted by molar-refractivity contribution is 0.476. The Morgan fingerprint density at radius 1 is 1.38 bits per heavy atom. The van der Waals surface area contributed by atoms with Crippen LogP contribution in [0, 0.1) is 0 Å². The first-order chi connectivity index (χ1) is 7.58. The summed E-state index contributed by atoms with van der Waals surface area (Å²) < 4.78 is 2.07. The molecule has 0 aliphatic heterocycles. The second-order valence-electron chi connectivity index (χ2n) is 4.33. The molecule has 0 amide bonds. The van der Waals surface area contributed by atoms with Gasteiger partial charge in [0.1, 0.15) is 5.75 Å². The van der Waals surface area contributed by atoms with Gasteiger partial charge in [-0.25, -0.2) is 0 Å². The highest BCUT2D eigenvalue weighted by molar-refractivity contribution is 7.99. The molecule has 0 radical (unpaired) electrons. The predicted molar refractivity (Wildman–Crippen MR) is 71.0 cm³/mol. The monoisotopic (exact) mass is 235 g/mol. The van der Waals surface area contributed by atoms with Crippen LogP contribution in [0.15, 0.2) is 24.4 Å². The summed E-state index contributed by atoms with van der Waals surface area (Å²) >= 11 is 1.94. The third-order valence-electron chi connectivity index (χ3n) is 2.63. The molecule has 0 unspecified atom stereocenters. The van der Waals surface area contributed by atoms with Crippen molar-refractivity contribution in [1.82, 2.24) is 4.57 Å². The molecule has 0 saturated carbocycles. The summed E-state index contributed by atoms with van der Waals surface area (Å²) in [6.45, 7) is 4.42. The van der Waals surface area contributed by atoms with E-state index in [-0.39, 0.29) is 0 Å². The summed E-state index contributed by atoms with van der Waals surface area (Å²) in [5.74, 6) is 1.36. The minimum atomic E-state index is 0.330. The number of hydrogen-bond acceptors (Lipinski definition) is 2. The molecule has 2 nitrogen and oxygen atoms in total. The van der Waals surface area contributed by atoms with Gasteiger partial charge in [0.05, 0.1) is 5.52 Å². The number of benzene rings is 1. The van der Waals surface area contributed by atoms with E-state index in [1.807, 2.05) is 30.9 Å². The smallest absolute Gasteiger partial charge is 0.117 e. The lowest BCUT2D eigenvalue weighted by atomic mass is 10.2. The fourth-order valence-electron chi connectivity index (χ4n) is 1.83. The Morgan fingerprint density at radius 3 is 2.81 bits per heavy atom. The standard InChI is InChI=1S/C13H17NOS/c1-9(2)16-8-10-7-14(3)13-6-11(15)4-5-12(10)13/h4-7,9,15H,8H2,1-3H3. The van der Waals surface area contributed by atoms with Crippen LogP contribution in [0.3, 0.4) is 0 Å². The van der Waals surface area contributed by atoms with Crippen molar-refractivity contribution in [3.05, 3.63) is 30.0 Å². The molecule has 0 bridgehead atoms. The molecule has 16 heavy (non-hydrogen) atoms. The number of aryl methyl sites for hydroxylation is 1. The van der Waals surface area contributed by atoms with Crippen molar-refractivity contribution in [1.29, 1.82) is 0 Å². The van der Waals surface area contributed by atoms with Gasteiger partial charge in [-0.1, -0.05) is 13.8 Å². The normalized spacial score (nSPS) is 11.5. The molecule has 1 N–H and O–H groups in total. The van der Waals surface area contributed by atoms with Crippen LogP contribution in [-0.4, -0.2) is 14.9 Å². The van der Waals surface area contributed by atoms with Crippen LogP contribution in [-0.2, 0) is 12.8 Å². The Morgan fingerprint density at radius 2 is 2.12 bits per heavy atom. The summed E-state index contributed by atoms with van der Waals surface area (Å²) in [7, 11) is 2.02. The van der Waals surface area contributed by atoms with Crippen LogP contribution >= 0.6 is 11.8 Å². The SMILES string of the molecule is CC(C)SCc1cn(C)c2cc(O)ccc12. The average Bonchev–Trinajstić information content (AvgIpc) is 2.53. The average molecular weight is 235 g/mol. The molecule has 1 heterocycles. The van der Waals surface area contributed by atoms with E-state index in [1.54, 1.807) is 6.07 Å². The van der Waals surface area contributed by atoms with E-state index < -0.39 is 0 Å². The number of aromatic nitrogens is 1. The van der Waals surface area contributed by atoms with Gasteiger partial charge in [-0.05, 0) is 22.9 Å². The van der Waals surface area contributed by atoms with Crippen LogP contribution in [0.1, 0.15) is 19.4 Å². The van der Waals surface area contributed by atoms with Crippen molar-refractivity contribution in [3.8, 4) is 5.75 Å². The Bertz CT molecular complexity index is 502. The number of phenols is 1. The summed E-state index contributed by atoms with van der Waals surface area (Å²) in [5.41, 5.74) is 2.44. The molecule has 0 fully saturated rings. The Balaban J connectivity index is 2.39. The topological polar surface area (TPSA) is 25.2 Å². The van der Waals surface area contributed by atoms with Crippen LogP contribution in [0.25, 0.3) is 10.9 Å². The maximum Gasteiger partial charge on any atom is 0.117 e. The van der Waals surface area contributed by atoms with E-state index in [9.17, 15) is 5.11 Å². The fourth-order valence-corrected chi connectivity index (χ4v) is 2.57. The van der Waals surface area contributed by atoms with Crippen LogP contribution in [0.2, 0.25) is 0 Å². The van der Waals surface area contributed by atoms with Gasteiger partial charge in [-0.2, -0.15) is 11.8 Å². The molecule has 1 aromatic heterocycles. The molecule has 0 saturated heterocycles. The fraction of sp³-hybridized carbons (Fsp3) is 0.385. The van der Waals surface area contributed by atoms with Gasteiger partial charge >= 0.3 is 0 Å². The highest BCUT2D eigenvalue weighted by atomic mass is 32.2. The number of rotatable bonds is 3. The van der Waals surface area contributed by atoms with E-state index in [0.717, 1.165) is 11.3 Å². The molecular weight excluding hydrogens is 218 g/mol. The molecule has 1 aromatic carbocycles. The number of thioether (sulfide) groups is 1. The molecule has 0 spiro atoms. The summed E-state index contributed by atoms with van der Waals surface area (Å²) in [4.78, 5) is 0. The molecule has 3 heteroatoms. The van der Waals surface area contributed by atoms with Crippen molar-refractivity contribution in [2.45, 2.75) is 24.9 Å². The first-order valence-corrected chi connectivity index (χ1v) is 6.51. The maximum atomic E-state index is 9.46. The molecule has 2 rings (SSSR count).